The van der Waals surface area contributed by atoms with Gasteiger partial charge < -0.3 is 37.2 Å². The molecular weight excluding hydrogens is 819 g/mol. The van der Waals surface area contributed by atoms with Crippen LogP contribution >= 0.6 is 0 Å². The van der Waals surface area contributed by atoms with Crippen LogP contribution in [0.15, 0.2) is 96.2 Å². The molecule has 0 fully saturated rings. The van der Waals surface area contributed by atoms with E-state index in [1.807, 2.05) is 0 Å². The Balaban J connectivity index is 0.00000420. The van der Waals surface area contributed by atoms with Crippen LogP contribution in [0, 0.1) is 6.08 Å². The van der Waals surface area contributed by atoms with Crippen LogP contribution in [0.25, 0.3) is 5.57 Å². The molecule has 0 aliphatic heterocycles. The van der Waals surface area contributed by atoms with Crippen molar-refractivity contribution >= 4 is 29.2 Å². The predicted octanol–water partition coefficient (Wildman–Crippen LogP) is 3.71. The van der Waals surface area contributed by atoms with Gasteiger partial charge in [-0.15, -0.1) is 17.7 Å². The van der Waals surface area contributed by atoms with E-state index < -0.39 is 8.07 Å². The van der Waals surface area contributed by atoms with Crippen molar-refractivity contribution in [2.24, 2.45) is 0 Å². The Morgan fingerprint density at radius 2 is 0.655 bits per heavy atom. The van der Waals surface area contributed by atoms with E-state index in [0.717, 1.165) is 6.42 Å². The monoisotopic (exact) mass is 888 g/mol. The smallest absolute Gasteiger partial charge is 1.00 e. The largest absolute Gasteiger partial charge is 4.00 e. The van der Waals surface area contributed by atoms with Crippen molar-refractivity contribution in [3.63, 3.8) is 0 Å². The Morgan fingerprint density at radius 3 is 0.897 bits per heavy atom. The fraction of sp³-hybridized carbons (Fsp3) is 0.472. The summed E-state index contributed by atoms with van der Waals surface area (Å²) in [4.78, 5) is 0. The summed E-state index contributed by atoms with van der Waals surface area (Å²) in [5, 5.41) is 5.99. The zero-order valence-electron chi connectivity index (χ0n) is 39.0. The van der Waals surface area contributed by atoms with Gasteiger partial charge in [0.1, 0.15) is 8.07 Å². The summed E-state index contributed by atoms with van der Waals surface area (Å²) in [6, 6.07) is 34.4. The van der Waals surface area contributed by atoms with E-state index in [2.05, 4.69) is 222 Å². The molecular formula is C53H71Cl3SiTi. The first-order valence-corrected chi connectivity index (χ1v) is 22.4. The average molecular weight is 890 g/mol. The van der Waals surface area contributed by atoms with Crippen LogP contribution in [0.4, 0.5) is 0 Å². The molecule has 0 heterocycles. The summed E-state index contributed by atoms with van der Waals surface area (Å²) >= 11 is 0. The molecule has 0 amide bonds. The molecule has 4 aromatic rings. The molecule has 0 nitrogen and oxygen atoms in total. The number of rotatable bonds is 5. The molecule has 5 rings (SSSR count). The minimum Gasteiger partial charge on any atom is -1.00 e. The summed E-state index contributed by atoms with van der Waals surface area (Å²) in [7, 11) is -3.11. The van der Waals surface area contributed by atoms with Gasteiger partial charge in [-0.2, -0.15) is 22.9 Å². The molecule has 0 unspecified atom stereocenters. The van der Waals surface area contributed by atoms with Gasteiger partial charge in [-0.05, 0) is 65.9 Å². The number of allylic oxidation sites excluding steroid dienone is 4. The maximum Gasteiger partial charge on any atom is 4.00 e. The molecule has 0 bridgehead atoms. The van der Waals surface area contributed by atoms with Gasteiger partial charge in [0.15, 0.2) is 0 Å². The third-order valence-electron chi connectivity index (χ3n) is 11.7. The van der Waals surface area contributed by atoms with Gasteiger partial charge in [-0.25, -0.2) is 0 Å². The number of halogens is 3. The summed E-state index contributed by atoms with van der Waals surface area (Å²) in [5.41, 5.74) is 10.8. The van der Waals surface area contributed by atoms with Gasteiger partial charge in [0.25, 0.3) is 0 Å². The maximum atomic E-state index is 3.90. The molecule has 4 aromatic carbocycles. The van der Waals surface area contributed by atoms with Crippen LogP contribution < -0.4 is 52.8 Å². The van der Waals surface area contributed by atoms with E-state index in [1.54, 1.807) is 0 Å². The summed E-state index contributed by atoms with van der Waals surface area (Å²) in [6.07, 6.45) is 7.11. The van der Waals surface area contributed by atoms with Crippen LogP contribution in [-0.4, -0.2) is 8.07 Å². The molecule has 312 valence electrons. The van der Waals surface area contributed by atoms with Gasteiger partial charge in [0.2, 0.25) is 0 Å². The Morgan fingerprint density at radius 1 is 0.397 bits per heavy atom. The van der Waals surface area contributed by atoms with E-state index >= 15 is 0 Å². The summed E-state index contributed by atoms with van der Waals surface area (Å²) < 4.78 is 0. The topological polar surface area (TPSA) is 0 Å². The van der Waals surface area contributed by atoms with Crippen LogP contribution in [0.5, 0.6) is 0 Å². The fourth-order valence-corrected chi connectivity index (χ4v) is 13.1. The molecule has 0 spiro atoms. The maximum absolute atomic E-state index is 3.90. The normalized spacial score (nSPS) is 14.0. The van der Waals surface area contributed by atoms with Crippen molar-refractivity contribution in [1.29, 1.82) is 0 Å². The summed E-state index contributed by atoms with van der Waals surface area (Å²) in [6.45, 7) is 43.0. The third kappa shape index (κ3) is 11.3. The van der Waals surface area contributed by atoms with Gasteiger partial charge in [0, 0.05) is 0 Å². The standard InChI is InChI=1S/C53H71Si.3ClH.Ti/c1-48(2,3)37-27-38(49(4,5)6)31-43(30-37)54(47-26-22-25-46(47)36-23-20-19-21-24-36,44-32-39(50(7,8)9)28-40(33-44)51(10,11)12)45-34-41(52(13,14)15)29-42(35-45)53(16,17)18;;;;/h19-24,27-35H,26H2,1-18H3;3*1H;/q-1;;;;+4/p-3. The van der Waals surface area contributed by atoms with E-state index in [0.29, 0.717) is 0 Å². The van der Waals surface area contributed by atoms with Gasteiger partial charge in [-0.3, -0.25) is 0 Å². The first-order chi connectivity index (χ1) is 24.5. The zero-order chi connectivity index (χ0) is 40.4. The van der Waals surface area contributed by atoms with Crippen molar-refractivity contribution < 1.29 is 58.9 Å². The second-order valence-corrected chi connectivity index (χ2v) is 26.3. The minimum absolute atomic E-state index is 0. The Labute approximate surface area is 390 Å². The van der Waals surface area contributed by atoms with Crippen molar-refractivity contribution in [3.8, 4) is 0 Å². The van der Waals surface area contributed by atoms with E-state index in [9.17, 15) is 0 Å². The van der Waals surface area contributed by atoms with Crippen LogP contribution in [0.2, 0.25) is 0 Å². The van der Waals surface area contributed by atoms with E-state index in [-0.39, 0.29) is 91.4 Å². The van der Waals surface area contributed by atoms with Crippen molar-refractivity contribution in [3.05, 3.63) is 141 Å². The molecule has 0 atom stereocenters. The number of hydrogen-bond acceptors (Lipinski definition) is 0. The Kier molecular flexibility index (Phi) is 17.4. The van der Waals surface area contributed by atoms with Crippen molar-refractivity contribution in [2.45, 2.75) is 164 Å². The first-order valence-electron chi connectivity index (χ1n) is 20.4. The second kappa shape index (κ2) is 18.6. The van der Waals surface area contributed by atoms with E-state index in [4.69, 9.17) is 0 Å². The molecule has 58 heavy (non-hydrogen) atoms. The van der Waals surface area contributed by atoms with Crippen LogP contribution in [0.1, 0.15) is 170 Å². The molecule has 0 saturated heterocycles. The molecule has 1 aliphatic rings. The SMILES string of the molecule is CC(C)(C)c1cc(C(C)(C)C)cc([Si](C2=C(c3ccccc3)[C-]=CC2)(c2cc(C(C)(C)C)cc(C(C)(C)C)c2)c2cc(C(C)(C)C)cc(C(C)(C)C)c2)c1.[Cl-].[Cl-].[Cl-].[Ti+4]. The first kappa shape index (κ1) is 54.2. The third-order valence-corrected chi connectivity index (χ3v) is 16.5. The van der Waals surface area contributed by atoms with E-state index in [1.165, 1.54) is 65.3 Å². The van der Waals surface area contributed by atoms with Crippen LogP contribution in [0.3, 0.4) is 0 Å². The molecule has 5 heteroatoms. The predicted molar refractivity (Wildman–Crippen MR) is 242 cm³/mol. The number of benzene rings is 4. The fourth-order valence-electron chi connectivity index (χ4n) is 7.80. The quantitative estimate of drug-likeness (QED) is 0.163. The Bertz CT molecular complexity index is 1800. The van der Waals surface area contributed by atoms with Crippen molar-refractivity contribution in [1.82, 2.24) is 0 Å². The number of hydrogen-bond donors (Lipinski definition) is 0. The molecule has 0 radical (unpaired) electrons. The Hall–Kier alpha value is -1.84. The van der Waals surface area contributed by atoms with Crippen molar-refractivity contribution in [2.75, 3.05) is 0 Å². The molecule has 0 aromatic heterocycles. The molecule has 1 aliphatic carbocycles. The minimum atomic E-state index is -3.11. The average Bonchev–Trinajstić information content (AvgIpc) is 3.53. The van der Waals surface area contributed by atoms with Gasteiger partial charge >= 0.3 is 21.7 Å². The second-order valence-electron chi connectivity index (χ2n) is 22.4. The van der Waals surface area contributed by atoms with Crippen LogP contribution in [-0.2, 0) is 54.2 Å². The van der Waals surface area contributed by atoms with Gasteiger partial charge in [-0.1, -0.05) is 219 Å². The summed E-state index contributed by atoms with van der Waals surface area (Å²) in [5.74, 6) is 0. The zero-order valence-corrected chi connectivity index (χ0v) is 43.8. The van der Waals surface area contributed by atoms with Gasteiger partial charge in [0.05, 0.1) is 0 Å². The molecule has 0 saturated carbocycles. The molecule has 0 N–H and O–H groups in total.